The van der Waals surface area contributed by atoms with E-state index in [1.54, 1.807) is 14.2 Å². The number of nitrogens with zero attached hydrogens (tertiary/aromatic N) is 1. The number of rotatable bonds is 7. The van der Waals surface area contributed by atoms with Crippen molar-refractivity contribution >= 4 is 11.9 Å². The summed E-state index contributed by atoms with van der Waals surface area (Å²) in [6, 6.07) is 7.62. The Balaban J connectivity index is 1.65. The van der Waals surface area contributed by atoms with E-state index >= 15 is 0 Å². The fourth-order valence-corrected chi connectivity index (χ4v) is 1.95. The van der Waals surface area contributed by atoms with E-state index in [9.17, 15) is 4.79 Å². The van der Waals surface area contributed by atoms with E-state index < -0.39 is 0 Å². The van der Waals surface area contributed by atoms with Gasteiger partial charge in [0.05, 0.1) is 13.7 Å². The maximum atomic E-state index is 11.8. The number of hydrogen-bond donors (Lipinski definition) is 3. The van der Waals surface area contributed by atoms with Crippen LogP contribution in [0.2, 0.25) is 0 Å². The summed E-state index contributed by atoms with van der Waals surface area (Å²) >= 11 is 0. The van der Waals surface area contributed by atoms with E-state index in [2.05, 4.69) is 20.9 Å². The highest BCUT2D eigenvalue weighted by atomic mass is 16.5. The van der Waals surface area contributed by atoms with Gasteiger partial charge in [0, 0.05) is 20.1 Å². The first-order valence-corrected chi connectivity index (χ1v) is 7.55. The van der Waals surface area contributed by atoms with Crippen molar-refractivity contribution in [2.45, 2.75) is 19.4 Å². The van der Waals surface area contributed by atoms with E-state index in [0.717, 1.165) is 23.8 Å². The van der Waals surface area contributed by atoms with Gasteiger partial charge in [-0.3, -0.25) is 9.79 Å². The van der Waals surface area contributed by atoms with Crippen LogP contribution in [0.3, 0.4) is 0 Å². The Morgan fingerprint density at radius 2 is 1.95 bits per heavy atom. The van der Waals surface area contributed by atoms with Crippen LogP contribution in [-0.2, 0) is 11.3 Å². The Morgan fingerprint density at radius 1 is 1.23 bits per heavy atom. The Morgan fingerprint density at radius 3 is 2.55 bits per heavy atom. The van der Waals surface area contributed by atoms with Crippen LogP contribution in [0, 0.1) is 5.92 Å². The number of hydrogen-bond acceptors (Lipinski definition) is 3. The lowest BCUT2D eigenvalue weighted by Crippen LogP contribution is -2.43. The number of aliphatic imine (C=N–C) groups is 1. The molecule has 0 spiro atoms. The van der Waals surface area contributed by atoms with Crippen molar-refractivity contribution in [3.63, 3.8) is 0 Å². The number of ether oxygens (including phenoxy) is 1. The third kappa shape index (κ3) is 5.63. The molecule has 0 aromatic heterocycles. The zero-order chi connectivity index (χ0) is 15.8. The Kier molecular flexibility index (Phi) is 6.06. The van der Waals surface area contributed by atoms with Crippen molar-refractivity contribution in [2.24, 2.45) is 10.9 Å². The summed E-state index contributed by atoms with van der Waals surface area (Å²) in [5.41, 5.74) is 1.03. The highest BCUT2D eigenvalue weighted by molar-refractivity contribution is 5.86. The first-order valence-electron chi connectivity index (χ1n) is 7.55. The number of amides is 1. The number of benzene rings is 1. The minimum absolute atomic E-state index is 0.0646. The van der Waals surface area contributed by atoms with Crippen LogP contribution >= 0.6 is 0 Å². The summed E-state index contributed by atoms with van der Waals surface area (Å²) in [6.45, 7) is 1.63. The highest BCUT2D eigenvalue weighted by Crippen LogP contribution is 2.27. The average Bonchev–Trinajstić information content (AvgIpc) is 3.38. The van der Waals surface area contributed by atoms with Gasteiger partial charge >= 0.3 is 0 Å². The van der Waals surface area contributed by atoms with Crippen molar-refractivity contribution < 1.29 is 9.53 Å². The smallest absolute Gasteiger partial charge is 0.239 e. The summed E-state index contributed by atoms with van der Waals surface area (Å²) < 4.78 is 5.10. The van der Waals surface area contributed by atoms with Gasteiger partial charge in [-0.25, -0.2) is 0 Å². The quantitative estimate of drug-likeness (QED) is 0.516. The second-order valence-electron chi connectivity index (χ2n) is 5.37. The molecule has 0 radical (unpaired) electrons. The standard InChI is InChI=1S/C16H24N4O2/c1-17-16(19-10-12-3-4-12)20-11-15(21)18-9-13-5-7-14(22-2)8-6-13/h5-8,12H,3-4,9-11H2,1-2H3,(H,18,21)(H2,17,19,20). The van der Waals surface area contributed by atoms with E-state index in [1.165, 1.54) is 12.8 Å². The summed E-state index contributed by atoms with van der Waals surface area (Å²) in [6.07, 6.45) is 2.57. The molecule has 2 rings (SSSR count). The predicted octanol–water partition coefficient (Wildman–Crippen LogP) is 0.886. The third-order valence-corrected chi connectivity index (χ3v) is 3.54. The van der Waals surface area contributed by atoms with Crippen LogP contribution in [0.4, 0.5) is 0 Å². The van der Waals surface area contributed by atoms with E-state index in [1.807, 2.05) is 24.3 Å². The molecule has 6 heteroatoms. The molecule has 22 heavy (non-hydrogen) atoms. The SMILES string of the molecule is CN=C(NCC(=O)NCc1ccc(OC)cc1)NCC1CC1. The molecule has 0 bridgehead atoms. The van der Waals surface area contributed by atoms with Crippen molar-refractivity contribution in [2.75, 3.05) is 27.2 Å². The monoisotopic (exact) mass is 304 g/mol. The zero-order valence-electron chi connectivity index (χ0n) is 13.2. The molecule has 0 atom stereocenters. The largest absolute Gasteiger partial charge is 0.497 e. The summed E-state index contributed by atoms with van der Waals surface area (Å²) in [4.78, 5) is 15.9. The Bertz CT molecular complexity index is 509. The minimum atomic E-state index is -0.0646. The van der Waals surface area contributed by atoms with Crippen LogP contribution in [0.25, 0.3) is 0 Å². The van der Waals surface area contributed by atoms with E-state index in [-0.39, 0.29) is 12.5 Å². The molecule has 120 valence electrons. The van der Waals surface area contributed by atoms with E-state index in [4.69, 9.17) is 4.74 Å². The van der Waals surface area contributed by atoms with Gasteiger partial charge in [-0.2, -0.15) is 0 Å². The molecule has 0 aliphatic heterocycles. The molecule has 1 amide bonds. The molecule has 1 fully saturated rings. The molecule has 1 aliphatic rings. The molecular weight excluding hydrogens is 280 g/mol. The topological polar surface area (TPSA) is 74.8 Å². The number of carbonyl (C=O) groups is 1. The van der Waals surface area contributed by atoms with Gasteiger partial charge in [-0.1, -0.05) is 12.1 Å². The fraction of sp³-hybridized carbons (Fsp3) is 0.500. The maximum Gasteiger partial charge on any atom is 0.239 e. The molecule has 1 saturated carbocycles. The average molecular weight is 304 g/mol. The summed E-state index contributed by atoms with van der Waals surface area (Å²) in [5.74, 6) is 2.18. The number of carbonyl (C=O) groups excluding carboxylic acids is 1. The van der Waals surface area contributed by atoms with Gasteiger partial charge in [0.1, 0.15) is 5.75 Å². The normalized spacial score (nSPS) is 14.4. The van der Waals surface area contributed by atoms with Crippen LogP contribution in [-0.4, -0.2) is 39.1 Å². The summed E-state index contributed by atoms with van der Waals surface area (Å²) in [7, 11) is 3.34. The first kappa shape index (κ1) is 16.1. The molecule has 1 aromatic carbocycles. The van der Waals surface area contributed by atoms with Crippen molar-refractivity contribution in [3.8, 4) is 5.75 Å². The van der Waals surface area contributed by atoms with Crippen molar-refractivity contribution in [3.05, 3.63) is 29.8 Å². The molecule has 6 nitrogen and oxygen atoms in total. The zero-order valence-corrected chi connectivity index (χ0v) is 13.2. The van der Waals surface area contributed by atoms with Crippen LogP contribution in [0.1, 0.15) is 18.4 Å². The van der Waals surface area contributed by atoms with Crippen LogP contribution in [0.15, 0.2) is 29.3 Å². The number of methoxy groups -OCH3 is 1. The molecule has 0 saturated heterocycles. The van der Waals surface area contributed by atoms with E-state index in [0.29, 0.717) is 12.5 Å². The molecule has 1 aliphatic carbocycles. The molecule has 3 N–H and O–H groups in total. The first-order chi connectivity index (χ1) is 10.7. The predicted molar refractivity (Wildman–Crippen MR) is 86.9 cm³/mol. The highest BCUT2D eigenvalue weighted by Gasteiger charge is 2.21. The fourth-order valence-electron chi connectivity index (χ4n) is 1.95. The van der Waals surface area contributed by atoms with Gasteiger partial charge in [-0.05, 0) is 36.5 Å². The minimum Gasteiger partial charge on any atom is -0.497 e. The van der Waals surface area contributed by atoms with Crippen LogP contribution < -0.4 is 20.7 Å². The lowest BCUT2D eigenvalue weighted by atomic mass is 10.2. The lowest BCUT2D eigenvalue weighted by molar-refractivity contribution is -0.120. The lowest BCUT2D eigenvalue weighted by Gasteiger charge is -2.11. The molecule has 1 aromatic rings. The van der Waals surface area contributed by atoms with Crippen molar-refractivity contribution in [1.82, 2.24) is 16.0 Å². The Labute approximate surface area is 131 Å². The van der Waals surface area contributed by atoms with Gasteiger partial charge in [0.2, 0.25) is 5.91 Å². The second-order valence-corrected chi connectivity index (χ2v) is 5.37. The van der Waals surface area contributed by atoms with Gasteiger partial charge < -0.3 is 20.7 Å². The number of guanidine groups is 1. The molecular formula is C16H24N4O2. The summed E-state index contributed by atoms with van der Waals surface area (Å²) in [5, 5.41) is 9.10. The second kappa shape index (κ2) is 8.26. The Hall–Kier alpha value is -2.24. The van der Waals surface area contributed by atoms with Gasteiger partial charge in [0.15, 0.2) is 5.96 Å². The molecule has 0 unspecified atom stereocenters. The molecule has 0 heterocycles. The van der Waals surface area contributed by atoms with Crippen LogP contribution in [0.5, 0.6) is 5.75 Å². The van der Waals surface area contributed by atoms with Gasteiger partial charge in [-0.15, -0.1) is 0 Å². The third-order valence-electron chi connectivity index (χ3n) is 3.54. The van der Waals surface area contributed by atoms with Gasteiger partial charge in [0.25, 0.3) is 0 Å². The number of nitrogens with one attached hydrogen (secondary N) is 3. The maximum absolute atomic E-state index is 11.8. The van der Waals surface area contributed by atoms with Crippen molar-refractivity contribution in [1.29, 1.82) is 0 Å².